The van der Waals surface area contributed by atoms with Crippen molar-refractivity contribution in [2.45, 2.75) is 13.0 Å². The lowest BCUT2D eigenvalue weighted by molar-refractivity contribution is -0.119. The fraction of sp³-hybridized carbons (Fsp3) is 0.200. The van der Waals surface area contributed by atoms with Crippen molar-refractivity contribution in [3.05, 3.63) is 29.8 Å². The summed E-state index contributed by atoms with van der Waals surface area (Å²) in [5.41, 5.74) is 6.17. The number of benzene rings is 1. The molecule has 0 aromatic heterocycles. The smallest absolute Gasteiger partial charge is 0.217 e. The van der Waals surface area contributed by atoms with Crippen LogP contribution in [-0.4, -0.2) is 16.0 Å². The number of aromatic hydroxyl groups is 1. The second kappa shape index (κ2) is 4.75. The van der Waals surface area contributed by atoms with Crippen molar-refractivity contribution in [1.82, 2.24) is 5.32 Å². The number of nitrogens with one attached hydrogen (secondary N) is 1. The molecule has 0 fully saturated rings. The summed E-state index contributed by atoms with van der Waals surface area (Å²) in [5.74, 6) is -0.116. The molecule has 1 amide bonds. The number of phenols is 1. The third-order valence-electron chi connectivity index (χ3n) is 1.84. The van der Waals surface area contributed by atoms with Crippen LogP contribution in [0, 0.1) is 0 Å². The van der Waals surface area contributed by atoms with Gasteiger partial charge in [-0.2, -0.15) is 0 Å². The summed E-state index contributed by atoms with van der Waals surface area (Å²) in [6.45, 7) is 1.38. The van der Waals surface area contributed by atoms with Crippen LogP contribution in [0.15, 0.2) is 24.3 Å². The van der Waals surface area contributed by atoms with E-state index < -0.39 is 6.04 Å². The molecule has 0 saturated carbocycles. The standard InChI is InChI=1S/C10H12N2O2S/c1-6(13)12-9(10(11)15)7-3-2-4-8(14)5-7/h2-5,9,14H,1H3,(H2,11,15)(H,12,13). The van der Waals surface area contributed by atoms with Gasteiger partial charge in [-0.1, -0.05) is 24.4 Å². The Kier molecular flexibility index (Phi) is 3.62. The van der Waals surface area contributed by atoms with E-state index in [1.807, 2.05) is 0 Å². The Bertz CT molecular complexity index is 393. The van der Waals surface area contributed by atoms with Gasteiger partial charge in [-0.15, -0.1) is 0 Å². The van der Waals surface area contributed by atoms with Crippen molar-refractivity contribution >= 4 is 23.1 Å². The summed E-state index contributed by atoms with van der Waals surface area (Å²) < 4.78 is 0. The molecule has 0 heterocycles. The zero-order valence-corrected chi connectivity index (χ0v) is 9.04. The van der Waals surface area contributed by atoms with Gasteiger partial charge in [0.25, 0.3) is 0 Å². The van der Waals surface area contributed by atoms with E-state index in [1.165, 1.54) is 19.1 Å². The molecule has 5 heteroatoms. The Morgan fingerprint density at radius 2 is 2.27 bits per heavy atom. The van der Waals surface area contributed by atoms with Crippen LogP contribution in [-0.2, 0) is 4.79 Å². The second-order valence-electron chi connectivity index (χ2n) is 3.13. The highest BCUT2D eigenvalue weighted by molar-refractivity contribution is 7.80. The third-order valence-corrected chi connectivity index (χ3v) is 2.07. The van der Waals surface area contributed by atoms with Gasteiger partial charge in [-0.05, 0) is 17.7 Å². The zero-order valence-electron chi connectivity index (χ0n) is 8.23. The first kappa shape index (κ1) is 11.5. The van der Waals surface area contributed by atoms with Gasteiger partial charge in [0.2, 0.25) is 5.91 Å². The molecule has 1 unspecified atom stereocenters. The van der Waals surface area contributed by atoms with Gasteiger partial charge in [-0.25, -0.2) is 0 Å². The van der Waals surface area contributed by atoms with Crippen LogP contribution in [0.3, 0.4) is 0 Å². The maximum atomic E-state index is 10.9. The number of hydrogen-bond donors (Lipinski definition) is 3. The molecule has 15 heavy (non-hydrogen) atoms. The predicted molar refractivity (Wildman–Crippen MR) is 61.4 cm³/mol. The van der Waals surface area contributed by atoms with Crippen molar-refractivity contribution in [2.24, 2.45) is 5.73 Å². The number of nitrogens with two attached hydrogens (primary N) is 1. The monoisotopic (exact) mass is 224 g/mol. The summed E-state index contributed by atoms with van der Waals surface area (Å²) >= 11 is 4.84. The number of carbonyl (C=O) groups is 1. The molecular weight excluding hydrogens is 212 g/mol. The van der Waals surface area contributed by atoms with Crippen molar-refractivity contribution in [1.29, 1.82) is 0 Å². The molecular formula is C10H12N2O2S. The summed E-state index contributed by atoms with van der Waals surface area (Å²) in [5, 5.41) is 11.9. The second-order valence-corrected chi connectivity index (χ2v) is 3.60. The van der Waals surface area contributed by atoms with Gasteiger partial charge in [0.05, 0.1) is 0 Å². The number of hydrogen-bond acceptors (Lipinski definition) is 3. The molecule has 0 aliphatic heterocycles. The van der Waals surface area contributed by atoms with Gasteiger partial charge in [0, 0.05) is 6.92 Å². The van der Waals surface area contributed by atoms with Gasteiger partial charge in [0.1, 0.15) is 16.8 Å². The maximum Gasteiger partial charge on any atom is 0.217 e. The molecule has 1 aromatic carbocycles. The highest BCUT2D eigenvalue weighted by atomic mass is 32.1. The third kappa shape index (κ3) is 3.21. The van der Waals surface area contributed by atoms with E-state index in [-0.39, 0.29) is 16.6 Å². The average Bonchev–Trinajstić information content (AvgIpc) is 2.13. The summed E-state index contributed by atoms with van der Waals surface area (Å²) in [6, 6.07) is 5.91. The van der Waals surface area contributed by atoms with Gasteiger partial charge >= 0.3 is 0 Å². The van der Waals surface area contributed by atoms with E-state index in [4.69, 9.17) is 18.0 Å². The molecule has 1 rings (SSSR count). The van der Waals surface area contributed by atoms with Crippen LogP contribution >= 0.6 is 12.2 Å². The van der Waals surface area contributed by atoms with E-state index >= 15 is 0 Å². The summed E-state index contributed by atoms with van der Waals surface area (Å²) in [6.07, 6.45) is 0. The van der Waals surface area contributed by atoms with Crippen LogP contribution in [0.5, 0.6) is 5.75 Å². The Morgan fingerprint density at radius 3 is 2.73 bits per heavy atom. The number of thiocarbonyl (C=S) groups is 1. The largest absolute Gasteiger partial charge is 0.508 e. The van der Waals surface area contributed by atoms with Gasteiger partial charge < -0.3 is 16.2 Å². The minimum Gasteiger partial charge on any atom is -0.508 e. The fourth-order valence-corrected chi connectivity index (χ4v) is 1.42. The molecule has 1 aromatic rings. The quantitative estimate of drug-likeness (QED) is 0.665. The Labute approximate surface area is 93.1 Å². The first-order valence-electron chi connectivity index (χ1n) is 4.36. The Hall–Kier alpha value is -1.62. The first-order valence-corrected chi connectivity index (χ1v) is 4.77. The SMILES string of the molecule is CC(=O)NC(C(N)=S)c1cccc(O)c1. The van der Waals surface area contributed by atoms with E-state index in [0.29, 0.717) is 5.56 Å². The summed E-state index contributed by atoms with van der Waals surface area (Å²) in [4.78, 5) is 11.1. The van der Waals surface area contributed by atoms with E-state index in [0.717, 1.165) is 0 Å². The highest BCUT2D eigenvalue weighted by Crippen LogP contribution is 2.18. The summed E-state index contributed by atoms with van der Waals surface area (Å²) in [7, 11) is 0. The first-order chi connectivity index (χ1) is 7.00. The van der Waals surface area contributed by atoms with Crippen molar-refractivity contribution in [3.63, 3.8) is 0 Å². The van der Waals surface area contributed by atoms with Crippen LogP contribution in [0.25, 0.3) is 0 Å². The van der Waals surface area contributed by atoms with E-state index in [9.17, 15) is 9.90 Å². The molecule has 0 aliphatic rings. The van der Waals surface area contributed by atoms with Gasteiger partial charge in [0.15, 0.2) is 0 Å². The number of amides is 1. The van der Waals surface area contributed by atoms with Crippen LogP contribution in [0.4, 0.5) is 0 Å². The molecule has 0 radical (unpaired) electrons. The molecule has 0 bridgehead atoms. The highest BCUT2D eigenvalue weighted by Gasteiger charge is 2.15. The number of carbonyl (C=O) groups excluding carboxylic acids is 1. The molecule has 80 valence electrons. The van der Waals surface area contributed by atoms with Gasteiger partial charge in [-0.3, -0.25) is 4.79 Å². The lowest BCUT2D eigenvalue weighted by Gasteiger charge is -2.16. The molecule has 4 N–H and O–H groups in total. The predicted octanol–water partition coefficient (Wildman–Crippen LogP) is 0.856. The lowest BCUT2D eigenvalue weighted by Crippen LogP contribution is -2.35. The molecule has 0 spiro atoms. The van der Waals surface area contributed by atoms with Crippen molar-refractivity contribution in [3.8, 4) is 5.75 Å². The van der Waals surface area contributed by atoms with E-state index in [1.54, 1.807) is 12.1 Å². The lowest BCUT2D eigenvalue weighted by atomic mass is 10.1. The normalized spacial score (nSPS) is 11.8. The number of phenolic OH excluding ortho intramolecular Hbond substituents is 1. The Balaban J connectivity index is 2.98. The molecule has 0 aliphatic carbocycles. The average molecular weight is 224 g/mol. The molecule has 4 nitrogen and oxygen atoms in total. The van der Waals surface area contributed by atoms with E-state index in [2.05, 4.69) is 5.32 Å². The van der Waals surface area contributed by atoms with Crippen molar-refractivity contribution in [2.75, 3.05) is 0 Å². The zero-order chi connectivity index (χ0) is 11.4. The van der Waals surface area contributed by atoms with Crippen LogP contribution in [0.1, 0.15) is 18.5 Å². The minimum absolute atomic E-state index is 0.110. The van der Waals surface area contributed by atoms with Crippen LogP contribution in [0.2, 0.25) is 0 Å². The molecule has 1 atom stereocenters. The Morgan fingerprint density at radius 1 is 1.60 bits per heavy atom. The van der Waals surface area contributed by atoms with Crippen LogP contribution < -0.4 is 11.1 Å². The maximum absolute atomic E-state index is 10.9. The van der Waals surface area contributed by atoms with Crippen molar-refractivity contribution < 1.29 is 9.90 Å². The topological polar surface area (TPSA) is 75.4 Å². The molecule has 0 saturated heterocycles. The fourth-order valence-electron chi connectivity index (χ4n) is 1.23. The minimum atomic E-state index is -0.537. The number of rotatable bonds is 3.